The van der Waals surface area contributed by atoms with Crippen molar-refractivity contribution < 1.29 is 24.1 Å². The van der Waals surface area contributed by atoms with Crippen molar-refractivity contribution in [2.45, 2.75) is 52.2 Å². The fourth-order valence-electron chi connectivity index (χ4n) is 5.76. The van der Waals surface area contributed by atoms with Crippen molar-refractivity contribution in [1.29, 1.82) is 0 Å². The van der Waals surface area contributed by atoms with Crippen molar-refractivity contribution in [3.8, 4) is 5.75 Å². The molecule has 1 saturated heterocycles. The number of rotatable bonds is 13. The number of nitrogens with one attached hydrogen (secondary N) is 1. The second kappa shape index (κ2) is 21.0. The molecule has 11 heteroatoms. The second-order valence-electron chi connectivity index (χ2n) is 11.9. The molecule has 1 aromatic heterocycles. The molecule has 1 unspecified atom stereocenters. The molecule has 268 valence electrons. The fourth-order valence-corrected chi connectivity index (χ4v) is 5.92. The van der Waals surface area contributed by atoms with Crippen LogP contribution in [0.4, 0.5) is 4.39 Å². The van der Waals surface area contributed by atoms with Gasteiger partial charge in [-0.1, -0.05) is 48.0 Å². The number of hydrogen-bond donors (Lipinski definition) is 3. The van der Waals surface area contributed by atoms with Gasteiger partial charge in [-0.15, -0.1) is 0 Å². The van der Waals surface area contributed by atoms with Gasteiger partial charge in [0.1, 0.15) is 17.4 Å². The maximum atomic E-state index is 14.0. The van der Waals surface area contributed by atoms with Crippen LogP contribution in [0.25, 0.3) is 11.0 Å². The van der Waals surface area contributed by atoms with Crippen LogP contribution in [-0.2, 0) is 29.0 Å². The van der Waals surface area contributed by atoms with Gasteiger partial charge in [0.2, 0.25) is 6.41 Å². The van der Waals surface area contributed by atoms with E-state index in [1.165, 1.54) is 11.6 Å². The number of aliphatic imine (C=N–C) groups is 1. The summed E-state index contributed by atoms with van der Waals surface area (Å²) in [5.74, 6) is 1.40. The van der Waals surface area contributed by atoms with E-state index in [4.69, 9.17) is 31.5 Å². The Morgan fingerprint density at radius 1 is 1.16 bits per heavy atom. The van der Waals surface area contributed by atoms with Gasteiger partial charge in [0.25, 0.3) is 0 Å². The van der Waals surface area contributed by atoms with Crippen molar-refractivity contribution in [3.05, 3.63) is 118 Å². The molecular formula is C39H49ClFN5O4. The van der Waals surface area contributed by atoms with Gasteiger partial charge < -0.3 is 24.8 Å². The van der Waals surface area contributed by atoms with E-state index in [0.717, 1.165) is 74.2 Å². The van der Waals surface area contributed by atoms with Crippen molar-refractivity contribution in [2.75, 3.05) is 33.9 Å². The summed E-state index contributed by atoms with van der Waals surface area (Å²) in [6.45, 7) is 12.0. The van der Waals surface area contributed by atoms with Crippen LogP contribution in [0.15, 0.2) is 89.6 Å². The SMILES string of the molecule is C=N/C(=C\C=C/Cc1ccc(Cl)cc1F)C1CCN(Cc2nc3cc(C)ccc3n2CCOC)CC1.CC(NC=O)c1ccc(O)cc1.CO. The Morgan fingerprint density at radius 2 is 1.88 bits per heavy atom. The van der Waals surface area contributed by atoms with Crippen LogP contribution in [0.5, 0.6) is 5.75 Å². The average Bonchev–Trinajstić information content (AvgIpc) is 3.45. The summed E-state index contributed by atoms with van der Waals surface area (Å²) in [7, 11) is 2.73. The first-order valence-corrected chi connectivity index (χ1v) is 17.0. The van der Waals surface area contributed by atoms with Crippen LogP contribution >= 0.6 is 11.6 Å². The predicted octanol–water partition coefficient (Wildman–Crippen LogP) is 7.19. The van der Waals surface area contributed by atoms with E-state index in [0.29, 0.717) is 35.9 Å². The summed E-state index contributed by atoms with van der Waals surface area (Å²) >= 11 is 5.83. The molecule has 50 heavy (non-hydrogen) atoms. The second-order valence-corrected chi connectivity index (χ2v) is 12.4. The number of aromatic nitrogens is 2. The van der Waals surface area contributed by atoms with Crippen LogP contribution in [-0.4, -0.2) is 71.7 Å². The van der Waals surface area contributed by atoms with Crippen molar-refractivity contribution in [3.63, 3.8) is 0 Å². The highest BCUT2D eigenvalue weighted by Gasteiger charge is 2.23. The first kappa shape index (κ1) is 40.1. The van der Waals surface area contributed by atoms with Crippen LogP contribution in [0.1, 0.15) is 48.3 Å². The lowest BCUT2D eigenvalue weighted by molar-refractivity contribution is -0.110. The zero-order chi connectivity index (χ0) is 36.5. The monoisotopic (exact) mass is 705 g/mol. The number of likely N-dealkylation sites (tertiary alicyclic amines) is 1. The van der Waals surface area contributed by atoms with E-state index >= 15 is 0 Å². The highest BCUT2D eigenvalue weighted by atomic mass is 35.5. The third kappa shape index (κ3) is 11.9. The number of hydrogen-bond acceptors (Lipinski definition) is 7. The number of aliphatic hydroxyl groups excluding tert-OH is 1. The first-order valence-electron chi connectivity index (χ1n) is 16.6. The number of imidazole rings is 1. The number of aryl methyl sites for hydroxylation is 1. The molecule has 1 amide bonds. The number of aliphatic hydroxyl groups is 1. The number of methoxy groups -OCH3 is 1. The average molecular weight is 706 g/mol. The topological polar surface area (TPSA) is 112 Å². The van der Waals surface area contributed by atoms with Gasteiger partial charge in [0.05, 0.1) is 30.2 Å². The molecular weight excluding hydrogens is 657 g/mol. The summed E-state index contributed by atoms with van der Waals surface area (Å²) in [6, 6.07) is 18.0. The molecule has 1 atom stereocenters. The lowest BCUT2D eigenvalue weighted by Gasteiger charge is -2.31. The molecule has 2 heterocycles. The number of amides is 1. The Morgan fingerprint density at radius 3 is 2.52 bits per heavy atom. The smallest absolute Gasteiger partial charge is 0.207 e. The zero-order valence-corrected chi connectivity index (χ0v) is 30.1. The summed E-state index contributed by atoms with van der Waals surface area (Å²) < 4.78 is 21.6. The number of fused-ring (bicyclic) bond motifs is 1. The fraction of sp³-hybridized carbons (Fsp3) is 0.359. The number of halogens is 2. The molecule has 0 aliphatic carbocycles. The molecule has 1 aliphatic heterocycles. The van der Waals surface area contributed by atoms with Gasteiger partial charge in [-0.05, 0) is 112 Å². The number of carbonyl (C=O) groups is 1. The zero-order valence-electron chi connectivity index (χ0n) is 29.4. The van der Waals surface area contributed by atoms with Crippen LogP contribution in [0, 0.1) is 18.7 Å². The van der Waals surface area contributed by atoms with E-state index in [2.05, 4.69) is 51.6 Å². The largest absolute Gasteiger partial charge is 0.508 e. The third-order valence-corrected chi connectivity index (χ3v) is 8.76. The summed E-state index contributed by atoms with van der Waals surface area (Å²) in [6.07, 6.45) is 9.10. The Kier molecular flexibility index (Phi) is 16.8. The molecule has 0 spiro atoms. The molecule has 9 nitrogen and oxygen atoms in total. The molecule has 0 saturated carbocycles. The Hall–Kier alpha value is -4.35. The highest BCUT2D eigenvalue weighted by Crippen LogP contribution is 2.27. The van der Waals surface area contributed by atoms with Crippen LogP contribution in [0.3, 0.4) is 0 Å². The normalized spacial score (nSPS) is 14.4. The summed E-state index contributed by atoms with van der Waals surface area (Å²) in [4.78, 5) is 21.8. The van der Waals surface area contributed by atoms with E-state index in [1.54, 1.807) is 43.5 Å². The number of aromatic hydroxyl groups is 1. The van der Waals surface area contributed by atoms with Crippen molar-refractivity contribution >= 4 is 35.8 Å². The van der Waals surface area contributed by atoms with Gasteiger partial charge in [-0.25, -0.2) is 9.37 Å². The summed E-state index contributed by atoms with van der Waals surface area (Å²) in [5.41, 5.74) is 6.01. The number of benzene rings is 3. The molecule has 0 bridgehead atoms. The molecule has 3 N–H and O–H groups in total. The van der Waals surface area contributed by atoms with Gasteiger partial charge in [-0.3, -0.25) is 14.7 Å². The maximum Gasteiger partial charge on any atom is 0.207 e. The van der Waals surface area contributed by atoms with E-state index in [9.17, 15) is 9.18 Å². The lowest BCUT2D eigenvalue weighted by atomic mass is 9.93. The van der Waals surface area contributed by atoms with Crippen molar-refractivity contribution in [2.24, 2.45) is 10.9 Å². The Balaban J connectivity index is 0.000000406. The number of allylic oxidation sites excluding steroid dienone is 4. The van der Waals surface area contributed by atoms with E-state index in [-0.39, 0.29) is 17.6 Å². The molecule has 5 rings (SSSR count). The van der Waals surface area contributed by atoms with Gasteiger partial charge in [-0.2, -0.15) is 0 Å². The molecule has 0 radical (unpaired) electrons. The minimum absolute atomic E-state index is 0.0110. The van der Waals surface area contributed by atoms with Gasteiger partial charge >= 0.3 is 0 Å². The number of phenols is 1. The maximum absolute atomic E-state index is 14.0. The van der Waals surface area contributed by atoms with Crippen LogP contribution in [0.2, 0.25) is 5.02 Å². The van der Waals surface area contributed by atoms with Gasteiger partial charge in [0, 0.05) is 37.4 Å². The lowest BCUT2D eigenvalue weighted by Crippen LogP contribution is -2.34. The summed E-state index contributed by atoms with van der Waals surface area (Å²) in [5, 5.41) is 19.0. The van der Waals surface area contributed by atoms with Crippen molar-refractivity contribution in [1.82, 2.24) is 19.8 Å². The number of ether oxygens (including phenoxy) is 1. The standard InChI is InChI=1S/C29H34ClFN4O.C9H11NO2.CH4O/c1-21-8-11-28-27(18-21)33-29(35(28)16-17-36-3)20-34-14-12-23(13-15-34)26(32-2)7-5-4-6-22-9-10-24(30)19-25(22)31;1-7(10-6-11)8-2-4-9(12)5-3-8;1-2/h4-5,7-11,18-19,23H,2,6,12-17,20H2,1,3H3;2-7,12H,1H3,(H,10,11);2H,1H3/b5-4-,26-7-;;. The quantitative estimate of drug-likeness (QED) is 0.0772. The Bertz CT molecular complexity index is 1720. The first-order chi connectivity index (χ1) is 24.2. The Labute approximate surface area is 299 Å². The number of phenolic OH excluding ortho intramolecular Hbond substituents is 1. The predicted molar refractivity (Wildman–Crippen MR) is 200 cm³/mol. The number of piperidine rings is 1. The van der Waals surface area contributed by atoms with E-state index in [1.807, 2.05) is 25.2 Å². The third-order valence-electron chi connectivity index (χ3n) is 8.52. The van der Waals surface area contributed by atoms with Gasteiger partial charge in [0.15, 0.2) is 0 Å². The van der Waals surface area contributed by atoms with E-state index < -0.39 is 0 Å². The molecule has 1 aliphatic rings. The molecule has 3 aromatic carbocycles. The van der Waals surface area contributed by atoms with Crippen LogP contribution < -0.4 is 5.32 Å². The molecule has 1 fully saturated rings. The minimum Gasteiger partial charge on any atom is -0.508 e. The number of nitrogens with zero attached hydrogens (tertiary/aromatic N) is 4. The highest BCUT2D eigenvalue weighted by molar-refractivity contribution is 6.30. The minimum atomic E-state index is -0.281. The number of carbonyl (C=O) groups excluding carboxylic acids is 1. The molecule has 4 aromatic rings.